The summed E-state index contributed by atoms with van der Waals surface area (Å²) in [6.45, 7) is 3.38. The summed E-state index contributed by atoms with van der Waals surface area (Å²) in [6.07, 6.45) is 7.90. The van der Waals surface area contributed by atoms with Gasteiger partial charge in [0.1, 0.15) is 5.82 Å². The van der Waals surface area contributed by atoms with Crippen molar-refractivity contribution >= 4 is 23.4 Å². The topological polar surface area (TPSA) is 100 Å². The number of piperidine rings is 1. The molecule has 2 aromatic heterocycles. The molecule has 2 aliphatic rings. The molecule has 0 spiro atoms. The molecule has 0 saturated carbocycles. The van der Waals surface area contributed by atoms with Gasteiger partial charge >= 0.3 is 0 Å². The summed E-state index contributed by atoms with van der Waals surface area (Å²) in [5, 5.41) is 10.5. The van der Waals surface area contributed by atoms with Crippen molar-refractivity contribution in [3.8, 4) is 0 Å². The number of nitrogens with zero attached hydrogens (tertiary/aromatic N) is 6. The molecule has 2 N–H and O–H groups in total. The van der Waals surface area contributed by atoms with Crippen LogP contribution < -0.4 is 10.6 Å². The molecule has 184 valence electrons. The summed E-state index contributed by atoms with van der Waals surface area (Å²) in [5.41, 5.74) is 0.430. The van der Waals surface area contributed by atoms with Crippen LogP contribution in [0.25, 0.3) is 0 Å². The fraction of sp³-hybridized carbons (Fsp3) is 0.545. The van der Waals surface area contributed by atoms with Gasteiger partial charge in [-0.15, -0.1) is 0 Å². The summed E-state index contributed by atoms with van der Waals surface area (Å²) in [6, 6.07) is 0.337. The average molecular weight is 477 g/mol. The van der Waals surface area contributed by atoms with Gasteiger partial charge in [-0.1, -0.05) is 0 Å². The first-order valence-electron chi connectivity index (χ1n) is 11.4. The Hall–Kier alpha value is -3.28. The first-order chi connectivity index (χ1) is 16.5. The molecule has 1 fully saturated rings. The monoisotopic (exact) mass is 476 g/mol. The number of nitrogens with one attached hydrogen (secondary N) is 2. The third-order valence-corrected chi connectivity index (χ3v) is 5.95. The molecule has 10 nitrogen and oxygen atoms in total. The second kappa shape index (κ2) is 11.2. The predicted octanol–water partition coefficient (Wildman–Crippen LogP) is 2.80. The van der Waals surface area contributed by atoms with E-state index in [0.717, 1.165) is 32.1 Å². The normalized spacial score (nSPS) is 17.6. The molecule has 34 heavy (non-hydrogen) atoms. The smallest absolute Gasteiger partial charge is 0.268 e. The number of carbonyl (C=O) groups is 1. The van der Waals surface area contributed by atoms with Crippen molar-refractivity contribution in [2.75, 3.05) is 57.0 Å². The highest BCUT2D eigenvalue weighted by atomic mass is 19.3. The predicted molar refractivity (Wildman–Crippen MR) is 123 cm³/mol. The molecule has 2 aliphatic heterocycles. The maximum Gasteiger partial charge on any atom is 0.268 e. The Bertz CT molecular complexity index is 991. The van der Waals surface area contributed by atoms with Gasteiger partial charge in [0.2, 0.25) is 5.95 Å². The van der Waals surface area contributed by atoms with E-state index in [1.54, 1.807) is 17.2 Å². The number of carbonyl (C=O) groups excluding carboxylic acids is 1. The summed E-state index contributed by atoms with van der Waals surface area (Å²) in [7, 11) is 2.11. The zero-order valence-electron chi connectivity index (χ0n) is 19.2. The van der Waals surface area contributed by atoms with Crippen molar-refractivity contribution in [1.29, 1.82) is 0 Å². The Balaban J connectivity index is 1.35. The Labute approximate surface area is 197 Å². The van der Waals surface area contributed by atoms with Crippen molar-refractivity contribution in [3.63, 3.8) is 0 Å². The molecule has 0 aromatic carbocycles. The molecule has 4 heterocycles. The Morgan fingerprint density at radius 3 is 2.88 bits per heavy atom. The molecule has 0 aliphatic carbocycles. The van der Waals surface area contributed by atoms with Gasteiger partial charge in [0, 0.05) is 32.0 Å². The summed E-state index contributed by atoms with van der Waals surface area (Å²) in [4.78, 5) is 24.2. The third kappa shape index (κ3) is 6.19. The van der Waals surface area contributed by atoms with Crippen molar-refractivity contribution in [1.82, 2.24) is 29.5 Å². The Morgan fingerprint density at radius 2 is 2.09 bits per heavy atom. The minimum Gasteiger partial charge on any atom is -0.492 e. The van der Waals surface area contributed by atoms with Gasteiger partial charge in [-0.3, -0.25) is 9.48 Å². The van der Waals surface area contributed by atoms with Crippen LogP contribution in [0.2, 0.25) is 0 Å². The van der Waals surface area contributed by atoms with Crippen LogP contribution >= 0.6 is 0 Å². The largest absolute Gasteiger partial charge is 0.492 e. The van der Waals surface area contributed by atoms with E-state index in [2.05, 4.69) is 37.6 Å². The van der Waals surface area contributed by atoms with Crippen LogP contribution in [0.3, 0.4) is 0 Å². The summed E-state index contributed by atoms with van der Waals surface area (Å²) >= 11 is 0. The standard InChI is InChI=1S/C22H30F2N8O2/c1-30-9-4-17(5-10-30)32-14-16(12-27-32)28-22-26-13-18(20(23)24)21(29-22)25-6-2-7-31-8-3-11-34-15-19(31)33/h3,11-14,17,20H,2,4-10,15H2,1H3,(H2,25,26,28,29). The fourth-order valence-corrected chi connectivity index (χ4v) is 3.99. The molecular weight excluding hydrogens is 446 g/mol. The number of anilines is 3. The van der Waals surface area contributed by atoms with Gasteiger partial charge in [-0.25, -0.2) is 13.8 Å². The van der Waals surface area contributed by atoms with Gasteiger partial charge in [0.15, 0.2) is 6.61 Å². The SMILES string of the molecule is CN1CCC(n2cc(Nc3ncc(C(F)F)c(NCCCN4CC=COCC4=O)n3)cn2)CC1. The van der Waals surface area contributed by atoms with Gasteiger partial charge in [0.05, 0.1) is 29.8 Å². The van der Waals surface area contributed by atoms with E-state index < -0.39 is 6.43 Å². The summed E-state index contributed by atoms with van der Waals surface area (Å²) < 4.78 is 34.0. The quantitative estimate of drug-likeness (QED) is 0.533. The van der Waals surface area contributed by atoms with E-state index in [4.69, 9.17) is 4.74 Å². The van der Waals surface area contributed by atoms with Crippen molar-refractivity contribution in [2.24, 2.45) is 0 Å². The highest BCUT2D eigenvalue weighted by molar-refractivity contribution is 5.77. The van der Waals surface area contributed by atoms with Crippen LogP contribution in [0.1, 0.15) is 37.3 Å². The van der Waals surface area contributed by atoms with E-state index in [1.807, 2.05) is 10.9 Å². The second-order valence-electron chi connectivity index (χ2n) is 8.47. The molecule has 0 bridgehead atoms. The zero-order valence-corrected chi connectivity index (χ0v) is 19.2. The van der Waals surface area contributed by atoms with Crippen molar-refractivity contribution < 1.29 is 18.3 Å². The molecule has 4 rings (SSSR count). The lowest BCUT2D eigenvalue weighted by Gasteiger charge is -2.28. The van der Waals surface area contributed by atoms with Crippen LogP contribution in [-0.4, -0.2) is 81.8 Å². The van der Waals surface area contributed by atoms with E-state index in [-0.39, 0.29) is 29.8 Å². The number of hydrogen-bond acceptors (Lipinski definition) is 8. The molecule has 0 radical (unpaired) electrons. The number of ether oxygens (including phenoxy) is 1. The number of hydrogen-bond donors (Lipinski definition) is 2. The maximum atomic E-state index is 13.5. The number of amides is 1. The Morgan fingerprint density at radius 1 is 1.26 bits per heavy atom. The lowest BCUT2D eigenvalue weighted by Crippen LogP contribution is -2.34. The number of alkyl halides is 2. The molecule has 1 amide bonds. The lowest BCUT2D eigenvalue weighted by molar-refractivity contribution is -0.133. The minimum atomic E-state index is -2.71. The lowest BCUT2D eigenvalue weighted by atomic mass is 10.1. The van der Waals surface area contributed by atoms with Crippen molar-refractivity contribution in [3.05, 3.63) is 36.5 Å². The van der Waals surface area contributed by atoms with Crippen LogP contribution in [0.5, 0.6) is 0 Å². The van der Waals surface area contributed by atoms with Crippen molar-refractivity contribution in [2.45, 2.75) is 31.7 Å². The number of halogens is 2. The van der Waals surface area contributed by atoms with Crippen LogP contribution in [-0.2, 0) is 9.53 Å². The highest BCUT2D eigenvalue weighted by Crippen LogP contribution is 2.27. The van der Waals surface area contributed by atoms with Gasteiger partial charge < -0.3 is 25.2 Å². The minimum absolute atomic E-state index is 0.00871. The van der Waals surface area contributed by atoms with E-state index in [0.29, 0.717) is 37.8 Å². The molecule has 12 heteroatoms. The molecule has 0 atom stereocenters. The van der Waals surface area contributed by atoms with Crippen LogP contribution in [0, 0.1) is 0 Å². The zero-order chi connectivity index (χ0) is 23.9. The second-order valence-corrected chi connectivity index (χ2v) is 8.47. The first-order valence-corrected chi connectivity index (χ1v) is 11.4. The van der Waals surface area contributed by atoms with Crippen LogP contribution in [0.15, 0.2) is 30.9 Å². The van der Waals surface area contributed by atoms with Gasteiger partial charge in [0.25, 0.3) is 12.3 Å². The summed E-state index contributed by atoms with van der Waals surface area (Å²) in [5.74, 6) is 0.174. The van der Waals surface area contributed by atoms with Crippen LogP contribution in [0.4, 0.5) is 26.2 Å². The fourth-order valence-electron chi connectivity index (χ4n) is 3.99. The number of rotatable bonds is 9. The Kier molecular flexibility index (Phi) is 7.88. The van der Waals surface area contributed by atoms with Gasteiger partial charge in [-0.05, 0) is 45.5 Å². The average Bonchev–Trinajstić information content (AvgIpc) is 3.18. The first kappa shape index (κ1) is 23.9. The molecular formula is C22H30F2N8O2. The number of aromatic nitrogens is 4. The maximum absolute atomic E-state index is 13.5. The number of likely N-dealkylation sites (tertiary alicyclic amines) is 1. The van der Waals surface area contributed by atoms with Gasteiger partial charge in [-0.2, -0.15) is 10.1 Å². The van der Waals surface area contributed by atoms with E-state index >= 15 is 0 Å². The molecule has 2 aromatic rings. The highest BCUT2D eigenvalue weighted by Gasteiger charge is 2.20. The third-order valence-electron chi connectivity index (χ3n) is 5.95. The van der Waals surface area contributed by atoms with E-state index in [9.17, 15) is 13.6 Å². The van der Waals surface area contributed by atoms with E-state index in [1.165, 1.54) is 6.26 Å². The molecule has 0 unspecified atom stereocenters. The molecule has 1 saturated heterocycles.